The summed E-state index contributed by atoms with van der Waals surface area (Å²) in [5, 5.41) is 0. The molecule has 29 heavy (non-hydrogen) atoms. The van der Waals surface area contributed by atoms with Crippen molar-refractivity contribution >= 4 is 25.9 Å². The van der Waals surface area contributed by atoms with Gasteiger partial charge in [-0.25, -0.2) is 0 Å². The van der Waals surface area contributed by atoms with Crippen LogP contribution in [0.3, 0.4) is 0 Å². The van der Waals surface area contributed by atoms with Crippen LogP contribution in [0.4, 0.5) is 0 Å². The fraction of sp³-hybridized carbons (Fsp3) is 1.00. The van der Waals surface area contributed by atoms with E-state index in [2.05, 4.69) is 46.2 Å². The van der Waals surface area contributed by atoms with Gasteiger partial charge in [0.15, 0.2) is 16.6 Å². The molecule has 0 aliphatic heterocycles. The van der Waals surface area contributed by atoms with E-state index in [1.807, 2.05) is 0 Å². The molecule has 176 valence electrons. The van der Waals surface area contributed by atoms with Gasteiger partial charge in [0.05, 0.1) is 0 Å². The van der Waals surface area contributed by atoms with Gasteiger partial charge < -0.3 is 8.23 Å². The monoisotopic (exact) mass is 460 g/mol. The van der Waals surface area contributed by atoms with Crippen LogP contribution in [0.5, 0.6) is 0 Å². The summed E-state index contributed by atoms with van der Waals surface area (Å²) in [4.78, 5) is 0. The number of rotatable bonds is 21. The van der Waals surface area contributed by atoms with Crippen LogP contribution >= 0.6 is 0 Å². The fourth-order valence-electron chi connectivity index (χ4n) is 3.79. The molecule has 0 aliphatic rings. The maximum Gasteiger partial charge on any atom is 0.300 e. The van der Waals surface area contributed by atoms with E-state index in [1.54, 1.807) is 0 Å². The average Bonchev–Trinajstić information content (AvgIpc) is 2.58. The van der Waals surface area contributed by atoms with Crippen molar-refractivity contribution in [2.75, 3.05) is 0 Å². The molecule has 0 aromatic rings. The number of hydrogen-bond acceptors (Lipinski definition) is 2. The minimum Gasteiger partial charge on any atom is -0.439 e. The Morgan fingerprint density at radius 2 is 0.724 bits per heavy atom. The van der Waals surface area contributed by atoms with Gasteiger partial charge in [-0.3, -0.25) is 0 Å². The van der Waals surface area contributed by atoms with Gasteiger partial charge in [-0.2, -0.15) is 0 Å². The SMILES string of the molecule is CCCCCCCCCCCCCCCCCC[SiH](O[Si](C)(C)C)O[Si](C)(C)C. The molecule has 0 rings (SSSR count). The Kier molecular flexibility index (Phi) is 18.5. The maximum absolute atomic E-state index is 6.43. The van der Waals surface area contributed by atoms with E-state index in [4.69, 9.17) is 8.23 Å². The molecule has 0 unspecified atom stereocenters. The zero-order chi connectivity index (χ0) is 22.0. The average molecular weight is 461 g/mol. The van der Waals surface area contributed by atoms with Crippen molar-refractivity contribution in [1.82, 2.24) is 0 Å². The summed E-state index contributed by atoms with van der Waals surface area (Å²) in [5.41, 5.74) is 0. The quantitative estimate of drug-likeness (QED) is 0.125. The van der Waals surface area contributed by atoms with Gasteiger partial charge in [0.2, 0.25) is 0 Å². The van der Waals surface area contributed by atoms with E-state index in [0.29, 0.717) is 0 Å². The second kappa shape index (κ2) is 18.2. The zero-order valence-electron chi connectivity index (χ0n) is 21.4. The van der Waals surface area contributed by atoms with E-state index >= 15 is 0 Å². The summed E-state index contributed by atoms with van der Waals surface area (Å²) >= 11 is 0. The molecule has 0 saturated carbocycles. The van der Waals surface area contributed by atoms with Gasteiger partial charge in [-0.15, -0.1) is 0 Å². The summed E-state index contributed by atoms with van der Waals surface area (Å²) in [6.45, 7) is 16.1. The van der Waals surface area contributed by atoms with Gasteiger partial charge in [-0.05, 0) is 45.3 Å². The molecular weight excluding hydrogens is 405 g/mol. The lowest BCUT2D eigenvalue weighted by Crippen LogP contribution is -2.43. The third kappa shape index (κ3) is 24.7. The van der Waals surface area contributed by atoms with Crippen LogP contribution in [0.25, 0.3) is 0 Å². The minimum atomic E-state index is -1.47. The Balaban J connectivity index is 3.50. The van der Waals surface area contributed by atoms with Crippen LogP contribution in [0.2, 0.25) is 45.3 Å². The van der Waals surface area contributed by atoms with Crippen molar-refractivity contribution in [3.05, 3.63) is 0 Å². The molecule has 0 bridgehead atoms. The summed E-state index contributed by atoms with van der Waals surface area (Å²) in [6.07, 6.45) is 22.9. The van der Waals surface area contributed by atoms with Crippen molar-refractivity contribution < 1.29 is 8.23 Å². The van der Waals surface area contributed by atoms with Crippen molar-refractivity contribution in [2.45, 2.75) is 155 Å². The minimum absolute atomic E-state index is 1.22. The predicted molar refractivity (Wildman–Crippen MR) is 140 cm³/mol. The summed E-state index contributed by atoms with van der Waals surface area (Å²) < 4.78 is 12.9. The number of hydrogen-bond donors (Lipinski definition) is 0. The van der Waals surface area contributed by atoms with Crippen molar-refractivity contribution in [3.63, 3.8) is 0 Å². The highest BCUT2D eigenvalue weighted by molar-refractivity contribution is 6.81. The predicted octanol–water partition coefficient (Wildman–Crippen LogP) is 9.17. The first-order valence-electron chi connectivity index (χ1n) is 13.0. The van der Waals surface area contributed by atoms with Crippen molar-refractivity contribution in [3.8, 4) is 0 Å². The number of unbranched alkanes of at least 4 members (excludes halogenated alkanes) is 15. The van der Waals surface area contributed by atoms with E-state index in [1.165, 1.54) is 109 Å². The van der Waals surface area contributed by atoms with Crippen molar-refractivity contribution in [1.29, 1.82) is 0 Å². The molecule has 0 fully saturated rings. The Bertz CT molecular complexity index is 335. The summed E-state index contributed by atoms with van der Waals surface area (Å²) in [7, 11) is -4.40. The third-order valence-electron chi connectivity index (χ3n) is 5.26. The molecule has 0 atom stereocenters. The molecule has 0 aliphatic carbocycles. The molecule has 0 amide bonds. The van der Waals surface area contributed by atoms with Gasteiger partial charge >= 0.3 is 9.28 Å². The van der Waals surface area contributed by atoms with Gasteiger partial charge in [0.25, 0.3) is 0 Å². The topological polar surface area (TPSA) is 18.5 Å². The third-order valence-corrected chi connectivity index (χ3v) is 13.9. The highest BCUT2D eigenvalue weighted by Crippen LogP contribution is 2.18. The van der Waals surface area contributed by atoms with Crippen LogP contribution in [-0.4, -0.2) is 25.9 Å². The van der Waals surface area contributed by atoms with Crippen LogP contribution in [0, 0.1) is 0 Å². The first-order valence-corrected chi connectivity index (χ1v) is 21.6. The molecule has 0 saturated heterocycles. The van der Waals surface area contributed by atoms with E-state index in [-0.39, 0.29) is 0 Å². The zero-order valence-corrected chi connectivity index (χ0v) is 24.6. The molecule has 0 radical (unpaired) electrons. The smallest absolute Gasteiger partial charge is 0.300 e. The van der Waals surface area contributed by atoms with Crippen LogP contribution in [0.15, 0.2) is 0 Å². The molecule has 0 aromatic heterocycles. The van der Waals surface area contributed by atoms with Crippen LogP contribution < -0.4 is 0 Å². The standard InChI is InChI=1S/C24H56O2Si3/c1-8-9-10-11-12-13-14-15-16-17-18-19-20-21-22-23-24-27(25-28(2,3)4)26-29(5,6)7/h27H,8-24H2,1-7H3. The highest BCUT2D eigenvalue weighted by Gasteiger charge is 2.28. The van der Waals surface area contributed by atoms with Crippen LogP contribution in [-0.2, 0) is 8.23 Å². The molecule has 5 heteroatoms. The normalized spacial score (nSPS) is 12.8. The summed E-state index contributed by atoms with van der Waals surface area (Å²) in [5.74, 6) is 0. The fourth-order valence-corrected chi connectivity index (χ4v) is 12.3. The molecular formula is C24H56O2Si3. The lowest BCUT2D eigenvalue weighted by atomic mass is 10.0. The summed E-state index contributed by atoms with van der Waals surface area (Å²) in [6, 6.07) is 1.22. The lowest BCUT2D eigenvalue weighted by Gasteiger charge is -2.30. The van der Waals surface area contributed by atoms with Gasteiger partial charge in [0, 0.05) is 0 Å². The Morgan fingerprint density at radius 1 is 0.448 bits per heavy atom. The molecule has 0 spiro atoms. The van der Waals surface area contributed by atoms with E-state index in [9.17, 15) is 0 Å². The van der Waals surface area contributed by atoms with Crippen molar-refractivity contribution in [2.24, 2.45) is 0 Å². The molecule has 0 heterocycles. The Morgan fingerprint density at radius 3 is 1.00 bits per heavy atom. The molecule has 0 N–H and O–H groups in total. The maximum atomic E-state index is 6.43. The Hall–Kier alpha value is 0.571. The van der Waals surface area contributed by atoms with Gasteiger partial charge in [0.1, 0.15) is 0 Å². The van der Waals surface area contributed by atoms with E-state index in [0.717, 1.165) is 0 Å². The highest BCUT2D eigenvalue weighted by atomic mass is 28.4. The lowest BCUT2D eigenvalue weighted by molar-refractivity contribution is 0.413. The first kappa shape index (κ1) is 29.6. The molecule has 0 aromatic carbocycles. The second-order valence-electron chi connectivity index (χ2n) is 11.0. The molecule has 2 nitrogen and oxygen atoms in total. The van der Waals surface area contributed by atoms with E-state index < -0.39 is 25.9 Å². The Labute approximate surface area is 189 Å². The second-order valence-corrected chi connectivity index (χ2v) is 22.8. The van der Waals surface area contributed by atoms with Gasteiger partial charge in [-0.1, -0.05) is 110 Å². The largest absolute Gasteiger partial charge is 0.439 e. The van der Waals surface area contributed by atoms with Crippen LogP contribution in [0.1, 0.15) is 110 Å². The first-order chi connectivity index (χ1) is 13.6.